The van der Waals surface area contributed by atoms with Gasteiger partial charge in [0, 0.05) is 0 Å². The zero-order valence-corrected chi connectivity index (χ0v) is 19.6. The van der Waals surface area contributed by atoms with Crippen molar-refractivity contribution >= 4 is 17.7 Å². The molecule has 1 unspecified atom stereocenters. The summed E-state index contributed by atoms with van der Waals surface area (Å²) in [6.45, 7) is 2.19. The van der Waals surface area contributed by atoms with Crippen molar-refractivity contribution < 1.29 is 24.9 Å². The highest BCUT2D eigenvalue weighted by atomic mass is 32.2. The van der Waals surface area contributed by atoms with E-state index in [-0.39, 0.29) is 17.8 Å². The number of esters is 1. The highest BCUT2D eigenvalue weighted by Gasteiger charge is 2.44. The van der Waals surface area contributed by atoms with Gasteiger partial charge in [0.05, 0.1) is 30.7 Å². The van der Waals surface area contributed by atoms with Crippen LogP contribution in [0.25, 0.3) is 0 Å². The summed E-state index contributed by atoms with van der Waals surface area (Å²) < 4.78 is 4.61. The molecule has 0 aromatic heterocycles. The average molecular weight is 443 g/mol. The molecule has 0 heterocycles. The van der Waals surface area contributed by atoms with Gasteiger partial charge in [-0.05, 0) is 74.5 Å². The quantitative estimate of drug-likeness (QED) is 0.257. The molecular weight excluding hydrogens is 400 g/mol. The summed E-state index contributed by atoms with van der Waals surface area (Å²) in [5.74, 6) is 0.749. The lowest BCUT2D eigenvalue weighted by atomic mass is 9.81. The molecule has 2 aliphatic rings. The number of carbonyl (C=O) groups excluding carboxylic acids is 1. The normalized spacial score (nSPS) is 28.7. The van der Waals surface area contributed by atoms with Crippen molar-refractivity contribution in [3.8, 4) is 0 Å². The van der Waals surface area contributed by atoms with E-state index in [1.165, 1.54) is 31.7 Å². The number of methoxy groups -OCH3 is 1. The monoisotopic (exact) mass is 442 g/mol. The lowest BCUT2D eigenvalue weighted by Crippen LogP contribution is -2.32. The number of allylic oxidation sites excluding steroid dienone is 1. The first-order chi connectivity index (χ1) is 14.4. The van der Waals surface area contributed by atoms with Crippen LogP contribution in [0.5, 0.6) is 0 Å². The van der Waals surface area contributed by atoms with Gasteiger partial charge >= 0.3 is 5.97 Å². The minimum Gasteiger partial charge on any atom is -0.468 e. The molecule has 6 heteroatoms. The smallest absolute Gasteiger partial charge is 0.315 e. The van der Waals surface area contributed by atoms with Gasteiger partial charge in [-0.15, -0.1) is 11.8 Å². The van der Waals surface area contributed by atoms with E-state index in [1.807, 2.05) is 11.5 Å². The minimum absolute atomic E-state index is 0.101. The molecule has 2 saturated carbocycles. The molecule has 2 aliphatic carbocycles. The number of rotatable bonds is 15. The maximum absolute atomic E-state index is 11.2. The number of hydrogen-bond acceptors (Lipinski definition) is 6. The largest absolute Gasteiger partial charge is 0.468 e. The van der Waals surface area contributed by atoms with Crippen molar-refractivity contribution in [2.24, 2.45) is 17.8 Å². The third-order valence-electron chi connectivity index (χ3n) is 7.01. The molecule has 30 heavy (non-hydrogen) atoms. The molecule has 2 rings (SSSR count). The second-order valence-corrected chi connectivity index (χ2v) is 10.2. The van der Waals surface area contributed by atoms with E-state index in [1.54, 1.807) is 0 Å². The Labute approximate surface area is 186 Å². The third-order valence-corrected chi connectivity index (χ3v) is 7.79. The standard InChI is InChI=1S/C24H42O5S/c1-3-4-6-13-24(28,18-11-12-18)14-8-10-20-19(21(25)16-22(20)26)9-5-7-15-30-17-23(27)29-2/h7,15,18-22,25-26,28H,3-6,8-14,16-17H2,1-2H3/t19-,20-,21+,22-,24?/m1/s1. The fourth-order valence-electron chi connectivity index (χ4n) is 5.06. The van der Waals surface area contributed by atoms with Gasteiger partial charge in [0.25, 0.3) is 0 Å². The van der Waals surface area contributed by atoms with Crippen LogP contribution in [0.1, 0.15) is 84.0 Å². The predicted molar refractivity (Wildman–Crippen MR) is 122 cm³/mol. The summed E-state index contributed by atoms with van der Waals surface area (Å²) in [4.78, 5) is 11.1. The molecule has 5 atom stereocenters. The molecule has 0 aromatic carbocycles. The number of aliphatic hydroxyl groups excluding tert-OH is 2. The summed E-state index contributed by atoms with van der Waals surface area (Å²) in [5.41, 5.74) is -0.521. The summed E-state index contributed by atoms with van der Waals surface area (Å²) in [7, 11) is 1.39. The summed E-state index contributed by atoms with van der Waals surface area (Å²) in [5, 5.41) is 34.0. The molecule has 174 valence electrons. The zero-order chi connectivity index (χ0) is 22.0. The van der Waals surface area contributed by atoms with Crippen LogP contribution < -0.4 is 0 Å². The van der Waals surface area contributed by atoms with Gasteiger partial charge in [-0.2, -0.15) is 0 Å². The lowest BCUT2D eigenvalue weighted by Gasteiger charge is -2.30. The molecule has 2 fully saturated rings. The van der Waals surface area contributed by atoms with Crippen LogP contribution in [0.4, 0.5) is 0 Å². The Bertz CT molecular complexity index is 536. The topological polar surface area (TPSA) is 87.0 Å². The van der Waals surface area contributed by atoms with Gasteiger partial charge in [0.15, 0.2) is 0 Å². The first-order valence-corrected chi connectivity index (χ1v) is 12.9. The van der Waals surface area contributed by atoms with Crippen molar-refractivity contribution in [3.63, 3.8) is 0 Å². The Hall–Kier alpha value is -0.560. The molecule has 0 amide bonds. The molecule has 5 nitrogen and oxygen atoms in total. The predicted octanol–water partition coefficient (Wildman–Crippen LogP) is 4.44. The van der Waals surface area contributed by atoms with Gasteiger partial charge in [-0.1, -0.05) is 38.7 Å². The van der Waals surface area contributed by atoms with Crippen LogP contribution in [0, 0.1) is 17.8 Å². The highest BCUT2D eigenvalue weighted by Crippen LogP contribution is 2.46. The molecule has 0 bridgehead atoms. The van der Waals surface area contributed by atoms with Crippen LogP contribution in [0.15, 0.2) is 11.5 Å². The Morgan fingerprint density at radius 3 is 2.40 bits per heavy atom. The van der Waals surface area contributed by atoms with E-state index in [9.17, 15) is 20.1 Å². The van der Waals surface area contributed by atoms with Gasteiger partial charge in [0.2, 0.25) is 0 Å². The van der Waals surface area contributed by atoms with E-state index in [2.05, 4.69) is 11.7 Å². The van der Waals surface area contributed by atoms with Gasteiger partial charge < -0.3 is 20.1 Å². The number of ether oxygens (including phenoxy) is 1. The molecular formula is C24H42O5S. The first-order valence-electron chi connectivity index (χ1n) is 11.8. The van der Waals surface area contributed by atoms with Crippen LogP contribution in [-0.2, 0) is 9.53 Å². The third kappa shape index (κ3) is 8.18. The molecule has 0 spiro atoms. The van der Waals surface area contributed by atoms with Crippen LogP contribution >= 0.6 is 11.8 Å². The second kappa shape index (κ2) is 13.1. The number of thioether (sulfide) groups is 1. The van der Waals surface area contributed by atoms with Gasteiger partial charge in [0.1, 0.15) is 0 Å². The SMILES string of the molecule is CCCCCC(O)(CCC[C@@H]1[C@@H](CCC=CSCC(=O)OC)[C@@H](O)C[C@H]1O)C1CC1. The van der Waals surface area contributed by atoms with Crippen molar-refractivity contribution in [2.45, 2.75) is 102 Å². The van der Waals surface area contributed by atoms with Gasteiger partial charge in [-0.3, -0.25) is 4.79 Å². The number of unbranched alkanes of at least 4 members (excludes halogenated alkanes) is 2. The molecule has 0 radical (unpaired) electrons. The van der Waals surface area contributed by atoms with Crippen molar-refractivity contribution in [2.75, 3.05) is 12.9 Å². The van der Waals surface area contributed by atoms with E-state index in [0.717, 1.165) is 57.8 Å². The highest BCUT2D eigenvalue weighted by molar-refractivity contribution is 8.02. The van der Waals surface area contributed by atoms with Crippen molar-refractivity contribution in [1.29, 1.82) is 0 Å². The molecule has 0 saturated heterocycles. The first kappa shape index (κ1) is 25.7. The Morgan fingerprint density at radius 2 is 1.77 bits per heavy atom. The van der Waals surface area contributed by atoms with Crippen molar-refractivity contribution in [1.82, 2.24) is 0 Å². The van der Waals surface area contributed by atoms with Gasteiger partial charge in [-0.25, -0.2) is 0 Å². The maximum Gasteiger partial charge on any atom is 0.315 e. The van der Waals surface area contributed by atoms with Crippen LogP contribution in [0.2, 0.25) is 0 Å². The molecule has 3 N–H and O–H groups in total. The zero-order valence-electron chi connectivity index (χ0n) is 18.8. The van der Waals surface area contributed by atoms with E-state index in [0.29, 0.717) is 18.1 Å². The second-order valence-electron chi connectivity index (χ2n) is 9.26. The fourth-order valence-corrected chi connectivity index (χ4v) is 5.68. The summed E-state index contributed by atoms with van der Waals surface area (Å²) in [6.07, 6.45) is 12.5. The summed E-state index contributed by atoms with van der Waals surface area (Å²) in [6, 6.07) is 0. The van der Waals surface area contributed by atoms with Crippen LogP contribution in [0.3, 0.4) is 0 Å². The minimum atomic E-state index is -0.521. The maximum atomic E-state index is 11.2. The van der Waals surface area contributed by atoms with Crippen molar-refractivity contribution in [3.05, 3.63) is 11.5 Å². The Balaban J connectivity index is 1.76. The van der Waals surface area contributed by atoms with E-state index in [4.69, 9.17) is 0 Å². The number of aliphatic hydroxyl groups is 3. The Morgan fingerprint density at radius 1 is 1.10 bits per heavy atom. The Kier molecular flexibility index (Phi) is 11.2. The number of hydrogen-bond donors (Lipinski definition) is 3. The molecule has 0 aromatic rings. The summed E-state index contributed by atoms with van der Waals surface area (Å²) >= 11 is 1.41. The lowest BCUT2D eigenvalue weighted by molar-refractivity contribution is -0.137. The average Bonchev–Trinajstić information content (AvgIpc) is 3.53. The van der Waals surface area contributed by atoms with E-state index >= 15 is 0 Å². The van der Waals surface area contributed by atoms with Crippen LogP contribution in [-0.4, -0.2) is 52.0 Å². The molecule has 0 aliphatic heterocycles. The fraction of sp³-hybridized carbons (Fsp3) is 0.875. The van der Waals surface area contributed by atoms with E-state index < -0.39 is 17.8 Å². The number of carbonyl (C=O) groups is 1.